The maximum atomic E-state index is 12.4. The molecule has 28 heavy (non-hydrogen) atoms. The minimum absolute atomic E-state index is 0.175. The van der Waals surface area contributed by atoms with Gasteiger partial charge in [0.25, 0.3) is 0 Å². The van der Waals surface area contributed by atoms with Crippen molar-refractivity contribution < 1.29 is 23.0 Å². The summed E-state index contributed by atoms with van der Waals surface area (Å²) in [4.78, 5) is 1.93. The fourth-order valence-corrected chi connectivity index (χ4v) is 3.16. The summed E-state index contributed by atoms with van der Waals surface area (Å²) < 4.78 is 41.1. The van der Waals surface area contributed by atoms with Gasteiger partial charge in [-0.15, -0.1) is 19.1 Å². The van der Waals surface area contributed by atoms with E-state index in [-0.39, 0.29) is 18.9 Å². The third kappa shape index (κ3) is 4.97. The van der Waals surface area contributed by atoms with Crippen molar-refractivity contribution in [1.29, 1.82) is 0 Å². The van der Waals surface area contributed by atoms with Crippen LogP contribution in [0.2, 0.25) is 0 Å². The Bertz CT molecular complexity index is 882. The lowest BCUT2D eigenvalue weighted by Gasteiger charge is -2.26. The predicted octanol–water partition coefficient (Wildman–Crippen LogP) is 3.97. The number of hydrogen-bond acceptors (Lipinski definition) is 4. The summed E-state index contributed by atoms with van der Waals surface area (Å²) in [5.41, 5.74) is 10.6. The summed E-state index contributed by atoms with van der Waals surface area (Å²) in [6.07, 6.45) is -4.73. The van der Waals surface area contributed by atoms with Gasteiger partial charge in [-0.3, -0.25) is 0 Å². The first-order chi connectivity index (χ1) is 13.2. The Hall–Kier alpha value is -2.69. The van der Waals surface area contributed by atoms with Crippen LogP contribution in [0.3, 0.4) is 0 Å². The highest BCUT2D eigenvalue weighted by Crippen LogP contribution is 2.37. The number of rotatable bonds is 6. The molecular weight excluding hydrogens is 369 g/mol. The molecule has 0 unspecified atom stereocenters. The van der Waals surface area contributed by atoms with Crippen LogP contribution < -0.4 is 15.4 Å². The van der Waals surface area contributed by atoms with Gasteiger partial charge in [0, 0.05) is 24.8 Å². The lowest BCUT2D eigenvalue weighted by Crippen LogP contribution is -2.22. The van der Waals surface area contributed by atoms with E-state index in [1.165, 1.54) is 12.1 Å². The van der Waals surface area contributed by atoms with Crippen molar-refractivity contribution in [3.05, 3.63) is 47.0 Å². The molecule has 0 aliphatic rings. The van der Waals surface area contributed by atoms with Crippen molar-refractivity contribution in [3.8, 4) is 28.7 Å². The van der Waals surface area contributed by atoms with Crippen LogP contribution in [0.5, 0.6) is 5.75 Å². The Kier molecular flexibility index (Phi) is 6.95. The molecule has 0 radical (unpaired) electrons. The van der Waals surface area contributed by atoms with E-state index in [0.29, 0.717) is 6.54 Å². The molecule has 0 saturated carbocycles. The molecule has 2 aromatic carbocycles. The summed E-state index contributed by atoms with van der Waals surface area (Å²) in [6, 6.07) is 7.55. The number of aliphatic hydroxyl groups is 1. The minimum Gasteiger partial charge on any atom is -0.406 e. The van der Waals surface area contributed by atoms with Crippen LogP contribution in [0.1, 0.15) is 23.6 Å². The lowest BCUT2D eigenvalue weighted by atomic mass is 9.91. The van der Waals surface area contributed by atoms with Crippen molar-refractivity contribution in [2.24, 2.45) is 5.73 Å². The van der Waals surface area contributed by atoms with Crippen LogP contribution in [0, 0.1) is 18.8 Å². The van der Waals surface area contributed by atoms with E-state index in [9.17, 15) is 18.3 Å². The van der Waals surface area contributed by atoms with E-state index in [2.05, 4.69) is 16.6 Å². The maximum absolute atomic E-state index is 12.4. The zero-order chi connectivity index (χ0) is 20.9. The number of hydrogen-bond donors (Lipinski definition) is 2. The molecule has 0 aromatic heterocycles. The Morgan fingerprint density at radius 3 is 2.36 bits per heavy atom. The smallest absolute Gasteiger partial charge is 0.406 e. The van der Waals surface area contributed by atoms with Crippen LogP contribution in [0.25, 0.3) is 11.1 Å². The largest absolute Gasteiger partial charge is 0.573 e. The van der Waals surface area contributed by atoms with Gasteiger partial charge in [-0.25, -0.2) is 0 Å². The third-order valence-corrected chi connectivity index (χ3v) is 4.40. The second kappa shape index (κ2) is 9.00. The van der Waals surface area contributed by atoms with E-state index < -0.39 is 6.36 Å². The first kappa shape index (κ1) is 21.6. The Balaban J connectivity index is 2.56. The number of nitrogens with zero attached hydrogens (tertiary/aromatic N) is 1. The minimum atomic E-state index is -4.73. The van der Waals surface area contributed by atoms with Gasteiger partial charge in [0.1, 0.15) is 5.75 Å². The summed E-state index contributed by atoms with van der Waals surface area (Å²) in [6.45, 7) is 4.17. The highest BCUT2D eigenvalue weighted by molar-refractivity contribution is 5.78. The summed E-state index contributed by atoms with van der Waals surface area (Å²) >= 11 is 0. The van der Waals surface area contributed by atoms with Gasteiger partial charge in [0.2, 0.25) is 0 Å². The molecule has 0 aliphatic heterocycles. The van der Waals surface area contributed by atoms with Crippen LogP contribution >= 0.6 is 0 Å². The van der Waals surface area contributed by atoms with E-state index >= 15 is 0 Å². The molecule has 0 amide bonds. The molecule has 0 fully saturated rings. The quantitative estimate of drug-likeness (QED) is 0.731. The molecule has 2 aromatic rings. The zero-order valence-corrected chi connectivity index (χ0v) is 16.0. The summed E-state index contributed by atoms with van der Waals surface area (Å²) in [5, 5.41) is 9.89. The Morgan fingerprint density at radius 1 is 1.21 bits per heavy atom. The van der Waals surface area contributed by atoms with Gasteiger partial charge in [0.05, 0.1) is 13.2 Å². The normalized spacial score (nSPS) is 11.0. The summed E-state index contributed by atoms with van der Waals surface area (Å²) in [7, 11) is 1.87. The number of benzene rings is 2. The number of nitrogens with two attached hydrogens (primary N) is 1. The van der Waals surface area contributed by atoms with E-state index in [1.807, 2.05) is 24.9 Å². The standard InChI is InChI=1S/C21H23F3N2O2/c1-4-5-10-26(3)20-14(2)18(11-16(12-25)19(20)13-27)15-6-8-17(9-7-15)28-21(22,23)24/h6-9,11,27H,10,12-13,25H2,1-3H3. The molecule has 0 spiro atoms. The second-order valence-electron chi connectivity index (χ2n) is 6.25. The van der Waals surface area contributed by atoms with Crippen molar-refractivity contribution >= 4 is 5.69 Å². The fourth-order valence-electron chi connectivity index (χ4n) is 3.16. The maximum Gasteiger partial charge on any atom is 0.573 e. The zero-order valence-electron chi connectivity index (χ0n) is 16.0. The van der Waals surface area contributed by atoms with E-state index in [1.54, 1.807) is 19.1 Å². The number of ether oxygens (including phenoxy) is 1. The fraction of sp³-hybridized carbons (Fsp3) is 0.333. The molecular formula is C21H23F3N2O2. The molecule has 0 aliphatic carbocycles. The second-order valence-corrected chi connectivity index (χ2v) is 6.25. The topological polar surface area (TPSA) is 58.7 Å². The van der Waals surface area contributed by atoms with Crippen molar-refractivity contribution in [2.45, 2.75) is 33.4 Å². The monoisotopic (exact) mass is 392 g/mol. The van der Waals surface area contributed by atoms with Gasteiger partial charge < -0.3 is 20.5 Å². The number of halogens is 3. The third-order valence-electron chi connectivity index (χ3n) is 4.40. The number of aliphatic hydroxyl groups excluding tert-OH is 1. The Labute approximate surface area is 162 Å². The summed E-state index contributed by atoms with van der Waals surface area (Å²) in [5.74, 6) is 5.55. The molecule has 7 heteroatoms. The van der Waals surface area contributed by atoms with Gasteiger partial charge in [-0.1, -0.05) is 18.1 Å². The lowest BCUT2D eigenvalue weighted by molar-refractivity contribution is -0.274. The van der Waals surface area contributed by atoms with Crippen LogP contribution in [-0.2, 0) is 13.2 Å². The van der Waals surface area contributed by atoms with Crippen molar-refractivity contribution in [1.82, 2.24) is 0 Å². The van der Waals surface area contributed by atoms with Crippen molar-refractivity contribution in [2.75, 3.05) is 18.5 Å². The molecule has 3 N–H and O–H groups in total. The Morgan fingerprint density at radius 2 is 1.86 bits per heavy atom. The van der Waals surface area contributed by atoms with Crippen LogP contribution in [0.4, 0.5) is 18.9 Å². The van der Waals surface area contributed by atoms with Gasteiger partial charge in [0.15, 0.2) is 0 Å². The SMILES string of the molecule is CC#CCN(C)c1c(C)c(-c2ccc(OC(F)(F)F)cc2)cc(CN)c1CO. The highest BCUT2D eigenvalue weighted by atomic mass is 19.4. The molecule has 150 valence electrons. The molecule has 0 saturated heterocycles. The number of anilines is 1. The first-order valence-electron chi connectivity index (χ1n) is 8.65. The first-order valence-corrected chi connectivity index (χ1v) is 8.65. The molecule has 0 heterocycles. The molecule has 2 rings (SSSR count). The van der Waals surface area contributed by atoms with Gasteiger partial charge in [-0.2, -0.15) is 0 Å². The van der Waals surface area contributed by atoms with Gasteiger partial charge in [-0.05, 0) is 54.3 Å². The van der Waals surface area contributed by atoms with Crippen LogP contribution in [-0.4, -0.2) is 25.1 Å². The molecule has 0 bridgehead atoms. The van der Waals surface area contributed by atoms with E-state index in [0.717, 1.165) is 33.5 Å². The highest BCUT2D eigenvalue weighted by Gasteiger charge is 2.31. The average molecular weight is 392 g/mol. The number of alkyl halides is 3. The van der Waals surface area contributed by atoms with Crippen molar-refractivity contribution in [3.63, 3.8) is 0 Å². The van der Waals surface area contributed by atoms with E-state index in [4.69, 9.17) is 5.73 Å². The molecule has 4 nitrogen and oxygen atoms in total. The predicted molar refractivity (Wildman–Crippen MR) is 104 cm³/mol. The molecule has 0 atom stereocenters. The van der Waals surface area contributed by atoms with Crippen LogP contribution in [0.15, 0.2) is 30.3 Å². The average Bonchev–Trinajstić information content (AvgIpc) is 2.65. The van der Waals surface area contributed by atoms with Gasteiger partial charge >= 0.3 is 6.36 Å².